The number of likely N-dealkylation sites (tertiary alicyclic amines) is 1. The monoisotopic (exact) mass is 370 g/mol. The number of carbonyl (C=O) groups is 1. The van der Waals surface area contributed by atoms with Crippen molar-refractivity contribution in [3.8, 4) is 11.5 Å². The first kappa shape index (κ1) is 17.1. The molecule has 1 amide bonds. The third kappa shape index (κ3) is 3.73. The van der Waals surface area contributed by atoms with E-state index in [-0.39, 0.29) is 5.91 Å². The van der Waals surface area contributed by atoms with Gasteiger partial charge in [-0.2, -0.15) is 0 Å². The zero-order chi connectivity index (χ0) is 16.1. The van der Waals surface area contributed by atoms with Gasteiger partial charge in [-0.1, -0.05) is 6.92 Å². The fourth-order valence-corrected chi connectivity index (χ4v) is 3.41. The van der Waals surface area contributed by atoms with E-state index in [0.29, 0.717) is 34.1 Å². The van der Waals surface area contributed by atoms with E-state index in [1.54, 1.807) is 26.4 Å². The van der Waals surface area contributed by atoms with Crippen LogP contribution in [0.2, 0.25) is 0 Å². The van der Waals surface area contributed by atoms with Crippen molar-refractivity contribution < 1.29 is 14.3 Å². The first-order valence-electron chi connectivity index (χ1n) is 7.54. The molecule has 0 bridgehead atoms. The normalized spacial score (nSPS) is 18.3. The summed E-state index contributed by atoms with van der Waals surface area (Å²) < 4.78 is 11.3. The van der Waals surface area contributed by atoms with Crippen LogP contribution in [0.25, 0.3) is 0 Å². The minimum Gasteiger partial charge on any atom is -0.495 e. The number of likely N-dealkylation sites (N-methyl/N-ethyl adjacent to an activating group) is 1. The molecule has 0 aromatic heterocycles. The maximum atomic E-state index is 12.4. The fourth-order valence-electron chi connectivity index (χ4n) is 2.86. The lowest BCUT2D eigenvalue weighted by molar-refractivity contribution is 0.0940. The topological polar surface area (TPSA) is 50.8 Å². The Labute approximate surface area is 140 Å². The molecule has 0 spiro atoms. The number of methoxy groups -OCH3 is 2. The molecule has 0 aliphatic carbocycles. The van der Waals surface area contributed by atoms with Gasteiger partial charge in [0.15, 0.2) is 0 Å². The van der Waals surface area contributed by atoms with E-state index in [9.17, 15) is 4.79 Å². The molecule has 1 heterocycles. The second kappa shape index (κ2) is 7.83. The molecular weight excluding hydrogens is 348 g/mol. The van der Waals surface area contributed by atoms with Gasteiger partial charge in [-0.3, -0.25) is 9.69 Å². The average Bonchev–Trinajstić information content (AvgIpc) is 3.00. The molecule has 0 saturated carbocycles. The van der Waals surface area contributed by atoms with Crippen molar-refractivity contribution in [2.45, 2.75) is 25.8 Å². The molecule has 6 heteroatoms. The molecule has 1 unspecified atom stereocenters. The summed E-state index contributed by atoms with van der Waals surface area (Å²) in [5.74, 6) is 1.06. The van der Waals surface area contributed by atoms with Crippen molar-refractivity contribution in [2.24, 2.45) is 0 Å². The summed E-state index contributed by atoms with van der Waals surface area (Å²) in [5.41, 5.74) is 0.540. The van der Waals surface area contributed by atoms with Crippen LogP contribution >= 0.6 is 15.9 Å². The molecule has 1 N–H and O–H groups in total. The van der Waals surface area contributed by atoms with E-state index in [1.165, 1.54) is 6.42 Å². The van der Waals surface area contributed by atoms with Crippen molar-refractivity contribution in [1.82, 2.24) is 10.2 Å². The number of nitrogens with one attached hydrogen (secondary N) is 1. The lowest BCUT2D eigenvalue weighted by atomic mass is 10.1. The van der Waals surface area contributed by atoms with Crippen LogP contribution in [0, 0.1) is 0 Å². The predicted octanol–water partition coefficient (Wildman–Crippen LogP) is 2.68. The van der Waals surface area contributed by atoms with Gasteiger partial charge >= 0.3 is 0 Å². The molecule has 1 saturated heterocycles. The Bertz CT molecular complexity index is 511. The van der Waals surface area contributed by atoms with Crippen LogP contribution in [-0.4, -0.2) is 50.7 Å². The summed E-state index contributed by atoms with van der Waals surface area (Å²) in [4.78, 5) is 14.8. The fraction of sp³-hybridized carbons (Fsp3) is 0.562. The Hall–Kier alpha value is -1.27. The minimum absolute atomic E-state index is 0.105. The van der Waals surface area contributed by atoms with Crippen LogP contribution in [0.3, 0.4) is 0 Å². The third-order valence-electron chi connectivity index (χ3n) is 4.11. The second-order valence-corrected chi connectivity index (χ2v) is 6.12. The van der Waals surface area contributed by atoms with Gasteiger partial charge in [-0.15, -0.1) is 0 Å². The largest absolute Gasteiger partial charge is 0.495 e. The van der Waals surface area contributed by atoms with Crippen molar-refractivity contribution in [3.05, 3.63) is 22.2 Å². The maximum absolute atomic E-state index is 12.4. The number of nitrogens with zero attached hydrogens (tertiary/aromatic N) is 1. The molecule has 0 radical (unpaired) electrons. The van der Waals surface area contributed by atoms with Gasteiger partial charge in [-0.25, -0.2) is 0 Å². The van der Waals surface area contributed by atoms with Crippen LogP contribution in [0.1, 0.15) is 30.1 Å². The third-order valence-corrected chi connectivity index (χ3v) is 4.89. The van der Waals surface area contributed by atoms with Gasteiger partial charge in [0.1, 0.15) is 16.0 Å². The number of hydrogen-bond donors (Lipinski definition) is 1. The van der Waals surface area contributed by atoms with Crippen LogP contribution < -0.4 is 14.8 Å². The minimum atomic E-state index is -0.105. The highest BCUT2D eigenvalue weighted by molar-refractivity contribution is 9.10. The highest BCUT2D eigenvalue weighted by Crippen LogP contribution is 2.35. The number of amides is 1. The summed E-state index contributed by atoms with van der Waals surface area (Å²) in [6, 6.07) is 3.87. The van der Waals surface area contributed by atoms with Gasteiger partial charge in [0, 0.05) is 18.2 Å². The standard InChI is InChI=1S/C16H23BrN2O3/c1-4-19-7-5-6-12(19)10-18-16(20)11-8-13(21-2)15(17)14(9-11)22-3/h8-9,12H,4-7,10H2,1-3H3,(H,18,20). The molecule has 22 heavy (non-hydrogen) atoms. The number of hydrogen-bond acceptors (Lipinski definition) is 4. The summed E-state index contributed by atoms with van der Waals surface area (Å²) in [5, 5.41) is 3.02. The zero-order valence-electron chi connectivity index (χ0n) is 13.3. The first-order valence-corrected chi connectivity index (χ1v) is 8.33. The van der Waals surface area contributed by atoms with Crippen molar-refractivity contribution >= 4 is 21.8 Å². The molecule has 1 aromatic carbocycles. The Morgan fingerprint density at radius 1 is 1.36 bits per heavy atom. The second-order valence-electron chi connectivity index (χ2n) is 5.33. The lowest BCUT2D eigenvalue weighted by Gasteiger charge is -2.23. The Kier molecular flexibility index (Phi) is 6.08. The van der Waals surface area contributed by atoms with Crippen LogP contribution in [0.5, 0.6) is 11.5 Å². The van der Waals surface area contributed by atoms with Gasteiger partial charge in [0.05, 0.1) is 14.2 Å². The number of benzene rings is 1. The van der Waals surface area contributed by atoms with E-state index in [2.05, 4.69) is 33.1 Å². The summed E-state index contributed by atoms with van der Waals surface area (Å²) in [7, 11) is 3.14. The maximum Gasteiger partial charge on any atom is 0.251 e. The van der Waals surface area contributed by atoms with Crippen LogP contribution in [-0.2, 0) is 0 Å². The quantitative estimate of drug-likeness (QED) is 0.836. The molecule has 1 aromatic rings. The van der Waals surface area contributed by atoms with Crippen LogP contribution in [0.4, 0.5) is 0 Å². The molecule has 122 valence electrons. The zero-order valence-corrected chi connectivity index (χ0v) is 14.9. The Morgan fingerprint density at radius 3 is 2.55 bits per heavy atom. The lowest BCUT2D eigenvalue weighted by Crippen LogP contribution is -2.40. The summed E-state index contributed by atoms with van der Waals surface area (Å²) >= 11 is 3.41. The molecular formula is C16H23BrN2O3. The van der Waals surface area contributed by atoms with Gasteiger partial charge < -0.3 is 14.8 Å². The van der Waals surface area contributed by atoms with Crippen molar-refractivity contribution in [1.29, 1.82) is 0 Å². The number of carbonyl (C=O) groups excluding carboxylic acids is 1. The van der Waals surface area contributed by atoms with Gasteiger partial charge in [0.25, 0.3) is 5.91 Å². The molecule has 1 aliphatic rings. The average molecular weight is 371 g/mol. The molecule has 1 atom stereocenters. The smallest absolute Gasteiger partial charge is 0.251 e. The first-order chi connectivity index (χ1) is 10.6. The molecule has 1 aliphatic heterocycles. The number of ether oxygens (including phenoxy) is 2. The molecule has 5 nitrogen and oxygen atoms in total. The van der Waals surface area contributed by atoms with Gasteiger partial charge in [0.2, 0.25) is 0 Å². The van der Waals surface area contributed by atoms with Crippen molar-refractivity contribution in [3.63, 3.8) is 0 Å². The highest BCUT2D eigenvalue weighted by Gasteiger charge is 2.23. The van der Waals surface area contributed by atoms with Crippen molar-refractivity contribution in [2.75, 3.05) is 33.9 Å². The van der Waals surface area contributed by atoms with E-state index in [1.807, 2.05) is 0 Å². The molecule has 1 fully saturated rings. The Morgan fingerprint density at radius 2 is 2.00 bits per heavy atom. The Balaban J connectivity index is 2.06. The summed E-state index contributed by atoms with van der Waals surface area (Å²) in [6.07, 6.45) is 2.34. The number of halogens is 1. The number of rotatable bonds is 6. The predicted molar refractivity (Wildman–Crippen MR) is 89.8 cm³/mol. The summed E-state index contributed by atoms with van der Waals surface area (Å²) in [6.45, 7) is 4.98. The van der Waals surface area contributed by atoms with E-state index in [4.69, 9.17) is 9.47 Å². The SMILES string of the molecule is CCN1CCCC1CNC(=O)c1cc(OC)c(Br)c(OC)c1. The van der Waals surface area contributed by atoms with E-state index in [0.717, 1.165) is 19.5 Å². The van der Waals surface area contributed by atoms with Gasteiger partial charge in [-0.05, 0) is 54.0 Å². The van der Waals surface area contributed by atoms with E-state index < -0.39 is 0 Å². The highest BCUT2D eigenvalue weighted by atomic mass is 79.9. The van der Waals surface area contributed by atoms with Crippen LogP contribution in [0.15, 0.2) is 16.6 Å². The molecule has 2 rings (SSSR count). The van der Waals surface area contributed by atoms with E-state index >= 15 is 0 Å².